The predicted octanol–water partition coefficient (Wildman–Crippen LogP) is 16.5. The maximum Gasteiger partial charge on any atom is 0.165 e. The van der Waals surface area contributed by atoms with Gasteiger partial charge < -0.3 is 4.90 Å². The fraction of sp³-hybridized carbons (Fsp3) is 0.0952. The maximum absolute atomic E-state index is 5.47. The summed E-state index contributed by atoms with van der Waals surface area (Å²) in [7, 11) is 0. The fourth-order valence-corrected chi connectivity index (χ4v) is 12.1. The van der Waals surface area contributed by atoms with Crippen LogP contribution in [0.2, 0.25) is 0 Å². The number of aromatic nitrogens is 3. The van der Waals surface area contributed by atoms with Crippen molar-refractivity contribution in [2.75, 3.05) is 4.90 Å². The van der Waals surface area contributed by atoms with Crippen LogP contribution < -0.4 is 4.90 Å². The molecule has 67 heavy (non-hydrogen) atoms. The van der Waals surface area contributed by atoms with Gasteiger partial charge in [-0.25, -0.2) is 4.98 Å². The summed E-state index contributed by atoms with van der Waals surface area (Å²) in [6, 6.07) is 76.2. The number of hydrogen-bond donors (Lipinski definition) is 0. The minimum atomic E-state index is -0.127. The van der Waals surface area contributed by atoms with Crippen LogP contribution in [0.4, 0.5) is 17.1 Å². The molecule has 0 unspecified atom stereocenters. The van der Waals surface area contributed by atoms with Gasteiger partial charge in [-0.2, -0.15) is 0 Å². The Kier molecular flexibility index (Phi) is 7.77. The average molecular weight is 859 g/mol. The molecule has 0 saturated heterocycles. The highest BCUT2D eigenvalue weighted by Crippen LogP contribution is 2.58. The van der Waals surface area contributed by atoms with Gasteiger partial charge in [0.25, 0.3) is 0 Å². The van der Waals surface area contributed by atoms with Crippen molar-refractivity contribution in [3.05, 3.63) is 229 Å². The molecule has 0 saturated carbocycles. The first-order chi connectivity index (χ1) is 32.8. The summed E-state index contributed by atoms with van der Waals surface area (Å²) in [4.78, 5) is 8.01. The van der Waals surface area contributed by atoms with E-state index in [1.807, 2.05) is 0 Å². The van der Waals surface area contributed by atoms with Crippen LogP contribution in [0.5, 0.6) is 0 Å². The Hall–Kier alpha value is -8.21. The van der Waals surface area contributed by atoms with Gasteiger partial charge in [-0.1, -0.05) is 179 Å². The van der Waals surface area contributed by atoms with Crippen LogP contribution in [0, 0.1) is 0 Å². The highest BCUT2D eigenvalue weighted by molar-refractivity contribution is 6.18. The van der Waals surface area contributed by atoms with Crippen molar-refractivity contribution in [2.45, 2.75) is 38.5 Å². The number of fused-ring (bicyclic) bond motifs is 16. The van der Waals surface area contributed by atoms with Crippen molar-refractivity contribution in [1.29, 1.82) is 0 Å². The number of rotatable bonds is 5. The topological polar surface area (TPSA) is 25.5 Å². The van der Waals surface area contributed by atoms with Gasteiger partial charge >= 0.3 is 0 Å². The second kappa shape index (κ2) is 13.7. The highest BCUT2D eigenvalue weighted by atomic mass is 15.2. The molecule has 9 aromatic carbocycles. The third-order valence-corrected chi connectivity index (χ3v) is 15.3. The number of hydrogen-bond acceptors (Lipinski definition) is 2. The van der Waals surface area contributed by atoms with Gasteiger partial charge in [0.15, 0.2) is 5.65 Å². The molecule has 12 aromatic rings. The molecule has 2 aliphatic carbocycles. The molecule has 4 nitrogen and oxygen atoms in total. The molecule has 0 radical (unpaired) electrons. The molecule has 14 rings (SSSR count). The Morgan fingerprint density at radius 2 is 0.940 bits per heavy atom. The Balaban J connectivity index is 0.970. The van der Waals surface area contributed by atoms with E-state index in [0.29, 0.717) is 0 Å². The van der Waals surface area contributed by atoms with E-state index in [9.17, 15) is 0 Å². The number of pyridine rings is 1. The molecule has 0 amide bonds. The highest BCUT2D eigenvalue weighted by Gasteiger charge is 2.40. The van der Waals surface area contributed by atoms with E-state index in [1.165, 1.54) is 83.2 Å². The fourth-order valence-electron chi connectivity index (χ4n) is 12.1. The summed E-state index contributed by atoms with van der Waals surface area (Å²) in [5.74, 6) is 0. The lowest BCUT2D eigenvalue weighted by molar-refractivity contribution is 0.660. The lowest BCUT2D eigenvalue weighted by Gasteiger charge is -2.31. The Labute approximate surface area is 389 Å². The molecule has 4 heteroatoms. The van der Waals surface area contributed by atoms with E-state index in [1.54, 1.807) is 0 Å². The summed E-state index contributed by atoms with van der Waals surface area (Å²) in [5.41, 5.74) is 22.7. The quantitative estimate of drug-likeness (QED) is 0.161. The normalized spacial score (nSPS) is 14.2. The number of para-hydroxylation sites is 2. The molecule has 2 aliphatic rings. The van der Waals surface area contributed by atoms with Crippen LogP contribution in [-0.2, 0) is 10.8 Å². The van der Waals surface area contributed by atoms with E-state index < -0.39 is 0 Å². The van der Waals surface area contributed by atoms with Crippen LogP contribution in [0.15, 0.2) is 206 Å². The largest absolute Gasteiger partial charge is 0.309 e. The average Bonchev–Trinajstić information content (AvgIpc) is 4.06. The lowest BCUT2D eigenvalue weighted by Crippen LogP contribution is -2.17. The SMILES string of the molecule is CC1(C)c2ccccc2-c2c(N(c3ccc(-c4ccc5c(c4)c4ccccc4c4nc6c(c7ccccc7n6-c6ccccc6)n54)cc3)c3cccc4c3-c3ccccc3C4(C)C)cccc21. The Morgan fingerprint density at radius 1 is 0.403 bits per heavy atom. The van der Waals surface area contributed by atoms with Crippen molar-refractivity contribution in [3.8, 4) is 39.1 Å². The second-order valence-electron chi connectivity index (χ2n) is 19.5. The maximum atomic E-state index is 5.47. The minimum absolute atomic E-state index is 0.127. The van der Waals surface area contributed by atoms with E-state index >= 15 is 0 Å². The van der Waals surface area contributed by atoms with E-state index in [4.69, 9.17) is 4.98 Å². The molecular formula is C63H46N4. The molecule has 3 heterocycles. The third-order valence-electron chi connectivity index (χ3n) is 15.3. The molecule has 0 spiro atoms. The van der Waals surface area contributed by atoms with Gasteiger partial charge in [-0.3, -0.25) is 8.97 Å². The zero-order valence-corrected chi connectivity index (χ0v) is 37.9. The zero-order valence-electron chi connectivity index (χ0n) is 37.9. The van der Waals surface area contributed by atoms with Crippen molar-refractivity contribution >= 4 is 66.5 Å². The van der Waals surface area contributed by atoms with Gasteiger partial charge in [0, 0.05) is 49.5 Å². The van der Waals surface area contributed by atoms with Crippen LogP contribution in [-0.4, -0.2) is 14.0 Å². The number of imidazole rings is 1. The predicted molar refractivity (Wildman–Crippen MR) is 280 cm³/mol. The van der Waals surface area contributed by atoms with Gasteiger partial charge in [-0.05, 0) is 104 Å². The summed E-state index contributed by atoms with van der Waals surface area (Å²) in [5, 5.41) is 4.71. The second-order valence-corrected chi connectivity index (χ2v) is 19.5. The van der Waals surface area contributed by atoms with E-state index in [-0.39, 0.29) is 10.8 Å². The molecule has 0 N–H and O–H groups in total. The zero-order chi connectivity index (χ0) is 44.8. The van der Waals surface area contributed by atoms with Gasteiger partial charge in [-0.15, -0.1) is 0 Å². The molecular weight excluding hydrogens is 813 g/mol. The molecule has 318 valence electrons. The molecule has 0 atom stereocenters. The van der Waals surface area contributed by atoms with Crippen molar-refractivity contribution < 1.29 is 0 Å². The summed E-state index contributed by atoms with van der Waals surface area (Å²) in [6.45, 7) is 9.48. The van der Waals surface area contributed by atoms with Gasteiger partial charge in [0.1, 0.15) is 11.2 Å². The number of anilines is 3. The Bertz CT molecular complexity index is 3930. The number of benzene rings is 9. The Morgan fingerprint density at radius 3 is 1.60 bits per heavy atom. The van der Waals surface area contributed by atoms with Crippen LogP contribution in [0.25, 0.3) is 88.5 Å². The molecule has 0 aliphatic heterocycles. The molecule has 3 aromatic heterocycles. The van der Waals surface area contributed by atoms with Gasteiger partial charge in [0.2, 0.25) is 0 Å². The summed E-state index contributed by atoms with van der Waals surface area (Å²) >= 11 is 0. The smallest absolute Gasteiger partial charge is 0.165 e. The monoisotopic (exact) mass is 858 g/mol. The van der Waals surface area contributed by atoms with Crippen LogP contribution in [0.3, 0.4) is 0 Å². The summed E-state index contributed by atoms with van der Waals surface area (Å²) in [6.07, 6.45) is 0. The van der Waals surface area contributed by atoms with Crippen LogP contribution >= 0.6 is 0 Å². The molecule has 0 fully saturated rings. The van der Waals surface area contributed by atoms with Crippen LogP contribution in [0.1, 0.15) is 49.9 Å². The minimum Gasteiger partial charge on any atom is -0.309 e. The number of nitrogens with zero attached hydrogens (tertiary/aromatic N) is 4. The van der Waals surface area contributed by atoms with Crippen molar-refractivity contribution in [2.24, 2.45) is 0 Å². The van der Waals surface area contributed by atoms with Crippen molar-refractivity contribution in [3.63, 3.8) is 0 Å². The third kappa shape index (κ3) is 5.16. The first-order valence-corrected chi connectivity index (χ1v) is 23.5. The summed E-state index contributed by atoms with van der Waals surface area (Å²) < 4.78 is 4.71. The van der Waals surface area contributed by atoms with Crippen molar-refractivity contribution in [1.82, 2.24) is 14.0 Å². The first-order valence-electron chi connectivity index (χ1n) is 23.5. The lowest BCUT2D eigenvalue weighted by atomic mass is 9.82. The first kappa shape index (κ1) is 38.1. The standard InChI is InChI=1S/C63H46N4/c1-62(2)49-25-13-10-22-45(49)57-51(62)27-16-30-55(57)65(56-31-17-28-52-58(56)46-23-11-14-26-50(46)63(52,3)4)42-35-32-39(33-36-42)40-34-37-54-48(38-40)43-20-8-9-21-44(43)60-64-61-59(67(54)60)47-24-12-15-29-53(47)66(61)41-18-6-5-7-19-41/h5-38H,1-4H3. The molecule has 0 bridgehead atoms. The van der Waals surface area contributed by atoms with E-state index in [0.717, 1.165) is 44.6 Å². The van der Waals surface area contributed by atoms with E-state index in [2.05, 4.69) is 248 Å². The van der Waals surface area contributed by atoms with Gasteiger partial charge in [0.05, 0.1) is 22.4 Å².